The third-order valence-electron chi connectivity index (χ3n) is 3.91. The zero-order valence-electron chi connectivity index (χ0n) is 15.9. The molecule has 136 valence electrons. The van der Waals surface area contributed by atoms with Crippen molar-refractivity contribution in [2.45, 2.75) is 65.5 Å². The fraction of sp³-hybridized carbons (Fsp3) is 0.500. The minimum Gasteiger partial charge on any atom is -0.481 e. The van der Waals surface area contributed by atoms with Crippen LogP contribution in [0.2, 0.25) is 0 Å². The van der Waals surface area contributed by atoms with Crippen LogP contribution in [0.1, 0.15) is 63.7 Å². The lowest BCUT2D eigenvalue weighted by Crippen LogP contribution is -2.36. The van der Waals surface area contributed by atoms with E-state index in [1.807, 2.05) is 29.6 Å². The van der Waals surface area contributed by atoms with Crippen LogP contribution in [0, 0.1) is 0 Å². The first-order valence-electron chi connectivity index (χ1n) is 8.66. The van der Waals surface area contributed by atoms with E-state index < -0.39 is 6.10 Å². The Morgan fingerprint density at radius 3 is 2.36 bits per heavy atom. The SMILES string of the molecule is CC(Oc1ccc(C(C)(C)C)cc1)C(=O)NCc1csc(C(C)C)n1. The van der Waals surface area contributed by atoms with Crippen molar-refractivity contribution in [2.75, 3.05) is 0 Å². The second kappa shape index (κ2) is 8.00. The molecule has 1 amide bonds. The Bertz CT molecular complexity index is 699. The van der Waals surface area contributed by atoms with Crippen molar-refractivity contribution in [3.05, 3.63) is 45.9 Å². The normalized spacial score (nSPS) is 12.9. The van der Waals surface area contributed by atoms with E-state index in [0.29, 0.717) is 18.2 Å². The number of carbonyl (C=O) groups is 1. The molecule has 2 aromatic rings. The number of nitrogens with one attached hydrogen (secondary N) is 1. The molecule has 2 rings (SSSR count). The second-order valence-corrected chi connectivity index (χ2v) is 8.47. The molecule has 1 atom stereocenters. The number of hydrogen-bond donors (Lipinski definition) is 1. The Balaban J connectivity index is 1.87. The van der Waals surface area contributed by atoms with Gasteiger partial charge in [-0.15, -0.1) is 11.3 Å². The van der Waals surface area contributed by atoms with Gasteiger partial charge in [-0.3, -0.25) is 4.79 Å². The molecule has 1 heterocycles. The number of aromatic nitrogens is 1. The quantitative estimate of drug-likeness (QED) is 0.816. The summed E-state index contributed by atoms with van der Waals surface area (Å²) in [7, 11) is 0. The Morgan fingerprint density at radius 1 is 1.20 bits per heavy atom. The van der Waals surface area contributed by atoms with Crippen LogP contribution in [-0.2, 0) is 16.8 Å². The highest BCUT2D eigenvalue weighted by molar-refractivity contribution is 7.09. The summed E-state index contributed by atoms with van der Waals surface area (Å²) in [6.07, 6.45) is -0.552. The summed E-state index contributed by atoms with van der Waals surface area (Å²) in [5, 5.41) is 5.97. The van der Waals surface area contributed by atoms with Crippen molar-refractivity contribution in [2.24, 2.45) is 0 Å². The van der Waals surface area contributed by atoms with Crippen LogP contribution in [-0.4, -0.2) is 17.0 Å². The summed E-state index contributed by atoms with van der Waals surface area (Å²) in [4.78, 5) is 16.7. The Morgan fingerprint density at radius 2 is 1.84 bits per heavy atom. The molecule has 0 fully saturated rings. The van der Waals surface area contributed by atoms with Gasteiger partial charge in [-0.2, -0.15) is 0 Å². The van der Waals surface area contributed by atoms with Gasteiger partial charge in [0.1, 0.15) is 5.75 Å². The number of rotatable bonds is 6. The van der Waals surface area contributed by atoms with Crippen LogP contribution >= 0.6 is 11.3 Å². The van der Waals surface area contributed by atoms with Crippen molar-refractivity contribution >= 4 is 17.2 Å². The van der Waals surface area contributed by atoms with Gasteiger partial charge in [-0.05, 0) is 30.0 Å². The predicted octanol–water partition coefficient (Wildman–Crippen LogP) is 4.65. The number of amides is 1. The van der Waals surface area contributed by atoms with Gasteiger partial charge in [0.05, 0.1) is 17.2 Å². The lowest BCUT2D eigenvalue weighted by molar-refractivity contribution is -0.127. The van der Waals surface area contributed by atoms with Crippen molar-refractivity contribution in [3.8, 4) is 5.75 Å². The summed E-state index contributed by atoms with van der Waals surface area (Å²) < 4.78 is 5.75. The monoisotopic (exact) mass is 360 g/mol. The summed E-state index contributed by atoms with van der Waals surface area (Å²) in [6, 6.07) is 7.92. The van der Waals surface area contributed by atoms with Crippen molar-refractivity contribution in [1.29, 1.82) is 0 Å². The molecule has 0 spiro atoms. The molecule has 1 aromatic heterocycles. The summed E-state index contributed by atoms with van der Waals surface area (Å²) in [6.45, 7) is 12.9. The van der Waals surface area contributed by atoms with Gasteiger partial charge in [-0.25, -0.2) is 4.98 Å². The third-order valence-corrected chi connectivity index (χ3v) is 5.10. The van der Waals surface area contributed by atoms with Crippen molar-refractivity contribution in [1.82, 2.24) is 10.3 Å². The molecule has 25 heavy (non-hydrogen) atoms. The number of ether oxygens (including phenoxy) is 1. The van der Waals surface area contributed by atoms with Crippen LogP contribution in [0.15, 0.2) is 29.6 Å². The molecule has 5 heteroatoms. The Kier molecular flexibility index (Phi) is 6.22. The number of benzene rings is 1. The average Bonchev–Trinajstić information content (AvgIpc) is 3.01. The lowest BCUT2D eigenvalue weighted by atomic mass is 9.87. The Labute approximate surface area is 154 Å². The van der Waals surface area contributed by atoms with E-state index in [-0.39, 0.29) is 11.3 Å². The van der Waals surface area contributed by atoms with Crippen LogP contribution < -0.4 is 10.1 Å². The second-order valence-electron chi connectivity index (χ2n) is 7.58. The number of hydrogen-bond acceptors (Lipinski definition) is 4. The molecule has 1 N–H and O–H groups in total. The molecule has 0 bridgehead atoms. The first-order chi connectivity index (χ1) is 11.7. The van der Waals surface area contributed by atoms with Crippen LogP contribution in [0.25, 0.3) is 0 Å². The van der Waals surface area contributed by atoms with Crippen LogP contribution in [0.3, 0.4) is 0 Å². The van der Waals surface area contributed by atoms with E-state index in [2.05, 4.69) is 44.9 Å². The fourth-order valence-corrected chi connectivity index (χ4v) is 3.12. The first-order valence-corrected chi connectivity index (χ1v) is 9.54. The molecule has 0 saturated carbocycles. The third kappa shape index (κ3) is 5.56. The molecule has 1 unspecified atom stereocenters. The predicted molar refractivity (Wildman–Crippen MR) is 103 cm³/mol. The van der Waals surface area contributed by atoms with Gasteiger partial charge in [-0.1, -0.05) is 46.8 Å². The van der Waals surface area contributed by atoms with E-state index in [0.717, 1.165) is 10.7 Å². The largest absolute Gasteiger partial charge is 0.481 e. The van der Waals surface area contributed by atoms with E-state index in [1.165, 1.54) is 5.56 Å². The van der Waals surface area contributed by atoms with E-state index in [1.54, 1.807) is 18.3 Å². The zero-order valence-corrected chi connectivity index (χ0v) is 16.7. The van der Waals surface area contributed by atoms with Gasteiger partial charge in [0, 0.05) is 11.3 Å². The highest BCUT2D eigenvalue weighted by Crippen LogP contribution is 2.24. The number of carbonyl (C=O) groups excluding carboxylic acids is 1. The maximum absolute atomic E-state index is 12.2. The van der Waals surface area contributed by atoms with Crippen molar-refractivity contribution in [3.63, 3.8) is 0 Å². The molecule has 0 aliphatic rings. The lowest BCUT2D eigenvalue weighted by Gasteiger charge is -2.20. The van der Waals surface area contributed by atoms with Crippen molar-refractivity contribution < 1.29 is 9.53 Å². The van der Waals surface area contributed by atoms with Gasteiger partial charge >= 0.3 is 0 Å². The molecule has 0 radical (unpaired) electrons. The minimum atomic E-state index is -0.552. The standard InChI is InChI=1S/C20H28N2O2S/c1-13(2)19-22-16(12-25-19)11-21-18(23)14(3)24-17-9-7-15(8-10-17)20(4,5)6/h7-10,12-14H,11H2,1-6H3,(H,21,23). The van der Waals surface area contributed by atoms with Gasteiger partial charge in [0.2, 0.25) is 0 Å². The molecular weight excluding hydrogens is 332 g/mol. The highest BCUT2D eigenvalue weighted by Gasteiger charge is 2.17. The van der Waals surface area contributed by atoms with Crippen LogP contribution in [0.5, 0.6) is 5.75 Å². The van der Waals surface area contributed by atoms with Crippen LogP contribution in [0.4, 0.5) is 0 Å². The molecule has 0 aliphatic heterocycles. The molecule has 1 aromatic carbocycles. The summed E-state index contributed by atoms with van der Waals surface area (Å²) >= 11 is 1.63. The van der Waals surface area contributed by atoms with E-state index in [9.17, 15) is 4.79 Å². The van der Waals surface area contributed by atoms with Gasteiger partial charge in [0.15, 0.2) is 6.10 Å². The van der Waals surface area contributed by atoms with E-state index >= 15 is 0 Å². The maximum Gasteiger partial charge on any atom is 0.261 e. The van der Waals surface area contributed by atoms with Gasteiger partial charge < -0.3 is 10.1 Å². The summed E-state index contributed by atoms with van der Waals surface area (Å²) in [5.74, 6) is 0.971. The molecule has 0 saturated heterocycles. The molecule has 0 aliphatic carbocycles. The topological polar surface area (TPSA) is 51.2 Å². The zero-order chi connectivity index (χ0) is 18.6. The molecule has 4 nitrogen and oxygen atoms in total. The summed E-state index contributed by atoms with van der Waals surface area (Å²) in [5.41, 5.74) is 2.23. The average molecular weight is 361 g/mol. The molecular formula is C20H28N2O2S. The smallest absolute Gasteiger partial charge is 0.261 e. The highest BCUT2D eigenvalue weighted by atomic mass is 32.1. The minimum absolute atomic E-state index is 0.101. The maximum atomic E-state index is 12.2. The number of thiazole rings is 1. The van der Waals surface area contributed by atoms with E-state index in [4.69, 9.17) is 4.74 Å². The Hall–Kier alpha value is -1.88. The van der Waals surface area contributed by atoms with Gasteiger partial charge in [0.25, 0.3) is 5.91 Å². The fourth-order valence-electron chi connectivity index (χ4n) is 2.28. The first kappa shape index (κ1) is 19.4. The number of nitrogens with zero attached hydrogens (tertiary/aromatic N) is 1.